The van der Waals surface area contributed by atoms with Crippen molar-refractivity contribution in [3.8, 4) is 0 Å². The molecule has 26 heavy (non-hydrogen) atoms. The van der Waals surface area contributed by atoms with E-state index in [4.69, 9.17) is 16.1 Å². The number of nitrogens with one attached hydrogen (secondary N) is 1. The maximum absolute atomic E-state index is 12.8. The molecule has 2 heterocycles. The summed E-state index contributed by atoms with van der Waals surface area (Å²) in [5, 5.41) is 6.84. The van der Waals surface area contributed by atoms with Gasteiger partial charge in [-0.15, -0.1) is 0 Å². The number of halogens is 1. The van der Waals surface area contributed by atoms with Gasteiger partial charge in [0, 0.05) is 29.7 Å². The molecule has 7 nitrogen and oxygen atoms in total. The number of benzene rings is 1. The van der Waals surface area contributed by atoms with Gasteiger partial charge in [0.25, 0.3) is 5.91 Å². The molecule has 1 fully saturated rings. The molecular weight excluding hydrogens is 356 g/mol. The van der Waals surface area contributed by atoms with Crippen LogP contribution < -0.4 is 5.32 Å². The highest BCUT2D eigenvalue weighted by molar-refractivity contribution is 6.30. The maximum Gasteiger partial charge on any atom is 0.254 e. The molecule has 0 bridgehead atoms. The second kappa shape index (κ2) is 8.82. The standard InChI is InChI=1S/C18H21ClN4O3/c19-15-5-3-14(4-6-15)18(25)23(11-10-22-8-1-2-9-22)13-17(24)20-16-7-12-26-21-16/h3-7,12H,1-2,8-11,13H2,(H,20,21,24). The fourth-order valence-electron chi connectivity index (χ4n) is 2.93. The van der Waals surface area contributed by atoms with Crippen molar-refractivity contribution in [1.29, 1.82) is 0 Å². The van der Waals surface area contributed by atoms with E-state index in [0.717, 1.165) is 19.6 Å². The van der Waals surface area contributed by atoms with Gasteiger partial charge in [-0.05, 0) is 50.2 Å². The minimum atomic E-state index is -0.317. The minimum Gasteiger partial charge on any atom is -0.363 e. The van der Waals surface area contributed by atoms with E-state index in [0.29, 0.717) is 22.9 Å². The summed E-state index contributed by atoms with van der Waals surface area (Å²) in [6, 6.07) is 8.23. The van der Waals surface area contributed by atoms with Gasteiger partial charge in [0.05, 0.1) is 0 Å². The monoisotopic (exact) mass is 376 g/mol. The van der Waals surface area contributed by atoms with E-state index in [2.05, 4.69) is 15.4 Å². The van der Waals surface area contributed by atoms with E-state index in [1.165, 1.54) is 19.1 Å². The van der Waals surface area contributed by atoms with Crippen molar-refractivity contribution >= 4 is 29.2 Å². The molecule has 1 aliphatic rings. The Balaban J connectivity index is 1.66. The second-order valence-corrected chi connectivity index (χ2v) is 6.65. The smallest absolute Gasteiger partial charge is 0.254 e. The highest BCUT2D eigenvalue weighted by Gasteiger charge is 2.21. The Morgan fingerprint density at radius 2 is 1.92 bits per heavy atom. The highest BCUT2D eigenvalue weighted by atomic mass is 35.5. The number of carbonyl (C=O) groups excluding carboxylic acids is 2. The lowest BCUT2D eigenvalue weighted by Crippen LogP contribution is -2.42. The number of amides is 2. The number of hydrogen-bond donors (Lipinski definition) is 1. The van der Waals surface area contributed by atoms with Crippen molar-refractivity contribution in [2.75, 3.05) is 38.0 Å². The zero-order valence-corrected chi connectivity index (χ0v) is 15.1. The molecule has 0 spiro atoms. The minimum absolute atomic E-state index is 0.0534. The van der Waals surface area contributed by atoms with Crippen LogP contribution in [0.3, 0.4) is 0 Å². The second-order valence-electron chi connectivity index (χ2n) is 6.22. The lowest BCUT2D eigenvalue weighted by molar-refractivity contribution is -0.117. The predicted octanol–water partition coefficient (Wildman–Crippen LogP) is 2.50. The van der Waals surface area contributed by atoms with Gasteiger partial charge in [-0.1, -0.05) is 16.8 Å². The van der Waals surface area contributed by atoms with Crippen LogP contribution in [0.1, 0.15) is 23.2 Å². The molecule has 0 saturated carbocycles. The van der Waals surface area contributed by atoms with E-state index < -0.39 is 0 Å². The number of rotatable bonds is 7. The fraction of sp³-hybridized carbons (Fsp3) is 0.389. The summed E-state index contributed by atoms with van der Waals surface area (Å²) in [5.74, 6) is -0.188. The molecule has 0 atom stereocenters. The molecule has 2 amide bonds. The zero-order valence-electron chi connectivity index (χ0n) is 14.4. The molecule has 1 aromatic carbocycles. The third-order valence-corrected chi connectivity index (χ3v) is 4.55. The Hall–Kier alpha value is -2.38. The molecule has 0 aliphatic carbocycles. The van der Waals surface area contributed by atoms with Crippen LogP contribution in [-0.2, 0) is 4.79 Å². The van der Waals surface area contributed by atoms with Gasteiger partial charge in [-0.25, -0.2) is 0 Å². The van der Waals surface area contributed by atoms with Gasteiger partial charge in [0.15, 0.2) is 5.82 Å². The van der Waals surface area contributed by atoms with Crippen molar-refractivity contribution in [2.45, 2.75) is 12.8 Å². The molecule has 1 aromatic heterocycles. The van der Waals surface area contributed by atoms with Crippen LogP contribution in [-0.4, -0.2) is 59.5 Å². The van der Waals surface area contributed by atoms with Crippen molar-refractivity contribution in [1.82, 2.24) is 15.0 Å². The number of carbonyl (C=O) groups is 2. The first kappa shape index (κ1) is 18.4. The molecule has 2 aromatic rings. The Labute approximate surface area is 156 Å². The summed E-state index contributed by atoms with van der Waals surface area (Å²) in [4.78, 5) is 29.0. The van der Waals surface area contributed by atoms with E-state index in [-0.39, 0.29) is 18.4 Å². The topological polar surface area (TPSA) is 78.7 Å². The van der Waals surface area contributed by atoms with E-state index in [9.17, 15) is 9.59 Å². The van der Waals surface area contributed by atoms with E-state index in [1.54, 1.807) is 35.2 Å². The molecular formula is C18H21ClN4O3. The molecule has 0 unspecified atom stereocenters. The number of likely N-dealkylation sites (tertiary alicyclic amines) is 1. The van der Waals surface area contributed by atoms with Gasteiger partial charge in [-0.3, -0.25) is 9.59 Å². The Kier molecular flexibility index (Phi) is 6.25. The SMILES string of the molecule is O=C(CN(CCN1CCCC1)C(=O)c1ccc(Cl)cc1)Nc1ccon1. The maximum atomic E-state index is 12.8. The summed E-state index contributed by atoms with van der Waals surface area (Å²) in [7, 11) is 0. The summed E-state index contributed by atoms with van der Waals surface area (Å²) in [6.45, 7) is 3.24. The number of nitrogens with zero attached hydrogens (tertiary/aromatic N) is 3. The first-order chi connectivity index (χ1) is 12.6. The molecule has 0 radical (unpaired) electrons. The van der Waals surface area contributed by atoms with Crippen molar-refractivity contribution in [2.24, 2.45) is 0 Å². The van der Waals surface area contributed by atoms with E-state index in [1.807, 2.05) is 0 Å². The van der Waals surface area contributed by atoms with Gasteiger partial charge in [-0.2, -0.15) is 0 Å². The lowest BCUT2D eigenvalue weighted by Gasteiger charge is -2.25. The Bertz CT molecular complexity index is 727. The van der Waals surface area contributed by atoms with Crippen molar-refractivity contribution in [3.05, 3.63) is 47.2 Å². The summed E-state index contributed by atoms with van der Waals surface area (Å²) >= 11 is 5.90. The van der Waals surface area contributed by atoms with E-state index >= 15 is 0 Å². The average Bonchev–Trinajstić information content (AvgIpc) is 3.32. The number of aromatic nitrogens is 1. The average molecular weight is 377 g/mol. The third-order valence-electron chi connectivity index (χ3n) is 4.30. The van der Waals surface area contributed by atoms with Crippen LogP contribution in [0.4, 0.5) is 5.82 Å². The van der Waals surface area contributed by atoms with Gasteiger partial charge < -0.3 is 19.6 Å². The summed E-state index contributed by atoms with van der Waals surface area (Å²) < 4.78 is 4.70. The number of anilines is 1. The Morgan fingerprint density at radius 3 is 2.58 bits per heavy atom. The molecule has 138 valence electrons. The molecule has 1 saturated heterocycles. The summed E-state index contributed by atoms with van der Waals surface area (Å²) in [6.07, 6.45) is 3.73. The van der Waals surface area contributed by atoms with Crippen molar-refractivity contribution in [3.63, 3.8) is 0 Å². The van der Waals surface area contributed by atoms with Gasteiger partial charge >= 0.3 is 0 Å². The molecule has 8 heteroatoms. The molecule has 1 aliphatic heterocycles. The molecule has 1 N–H and O–H groups in total. The lowest BCUT2D eigenvalue weighted by atomic mass is 10.2. The Morgan fingerprint density at radius 1 is 1.19 bits per heavy atom. The normalized spacial score (nSPS) is 14.3. The third kappa shape index (κ3) is 5.06. The van der Waals surface area contributed by atoms with Crippen LogP contribution in [0.2, 0.25) is 5.02 Å². The van der Waals surface area contributed by atoms with Crippen LogP contribution in [0.25, 0.3) is 0 Å². The predicted molar refractivity (Wildman–Crippen MR) is 98.2 cm³/mol. The quantitative estimate of drug-likeness (QED) is 0.803. The van der Waals surface area contributed by atoms with Crippen molar-refractivity contribution < 1.29 is 14.1 Å². The van der Waals surface area contributed by atoms with Crippen LogP contribution >= 0.6 is 11.6 Å². The van der Waals surface area contributed by atoms with Gasteiger partial charge in [0.2, 0.25) is 5.91 Å². The fourth-order valence-corrected chi connectivity index (χ4v) is 3.05. The first-order valence-electron chi connectivity index (χ1n) is 8.59. The molecule has 3 rings (SSSR count). The number of hydrogen-bond acceptors (Lipinski definition) is 5. The van der Waals surface area contributed by atoms with Crippen LogP contribution in [0.5, 0.6) is 0 Å². The zero-order chi connectivity index (χ0) is 18.4. The van der Waals surface area contributed by atoms with Crippen LogP contribution in [0, 0.1) is 0 Å². The van der Waals surface area contributed by atoms with Crippen LogP contribution in [0.15, 0.2) is 41.1 Å². The van der Waals surface area contributed by atoms with Gasteiger partial charge in [0.1, 0.15) is 12.8 Å². The highest BCUT2D eigenvalue weighted by Crippen LogP contribution is 2.13. The first-order valence-corrected chi connectivity index (χ1v) is 8.97. The summed E-state index contributed by atoms with van der Waals surface area (Å²) in [5.41, 5.74) is 0.505. The largest absolute Gasteiger partial charge is 0.363 e.